The molecule has 1 N–H and O–H groups in total. The van der Waals surface area contributed by atoms with Crippen LogP contribution in [-0.4, -0.2) is 37.2 Å². The number of likely N-dealkylation sites (N-methyl/N-ethyl adjacent to an activating group) is 1. The SMILES string of the molecule is CCOc1c(Br)cc(Br)cc1CNC1CCCN(CC)C1. The maximum Gasteiger partial charge on any atom is 0.138 e. The Balaban J connectivity index is 2.01. The van der Waals surface area contributed by atoms with Gasteiger partial charge in [-0.3, -0.25) is 0 Å². The molecule has 1 unspecified atom stereocenters. The fourth-order valence-corrected chi connectivity index (χ4v) is 4.24. The van der Waals surface area contributed by atoms with E-state index in [9.17, 15) is 0 Å². The van der Waals surface area contributed by atoms with Crippen molar-refractivity contribution in [3.8, 4) is 5.75 Å². The largest absolute Gasteiger partial charge is 0.492 e. The van der Waals surface area contributed by atoms with Gasteiger partial charge in [0.1, 0.15) is 5.75 Å². The predicted molar refractivity (Wildman–Crippen MR) is 95.0 cm³/mol. The molecule has 3 nitrogen and oxygen atoms in total. The van der Waals surface area contributed by atoms with Gasteiger partial charge in [0.05, 0.1) is 11.1 Å². The van der Waals surface area contributed by atoms with E-state index in [1.165, 1.54) is 24.9 Å². The third-order valence-corrected chi connectivity index (χ3v) is 4.95. The number of hydrogen-bond donors (Lipinski definition) is 1. The molecule has 1 fully saturated rings. The summed E-state index contributed by atoms with van der Waals surface area (Å²) in [6, 6.07) is 4.75. The van der Waals surface area contributed by atoms with Gasteiger partial charge in [0, 0.05) is 29.2 Å². The Labute approximate surface area is 144 Å². The number of nitrogens with one attached hydrogen (secondary N) is 1. The van der Waals surface area contributed by atoms with Crippen LogP contribution < -0.4 is 10.1 Å². The maximum atomic E-state index is 5.79. The first-order chi connectivity index (χ1) is 10.1. The molecule has 0 radical (unpaired) electrons. The fourth-order valence-electron chi connectivity index (χ4n) is 2.81. The normalized spacial score (nSPS) is 19.7. The molecule has 0 aliphatic carbocycles. The highest BCUT2D eigenvalue weighted by Gasteiger charge is 2.19. The number of benzene rings is 1. The van der Waals surface area contributed by atoms with Gasteiger partial charge >= 0.3 is 0 Å². The molecule has 2 rings (SSSR count). The Kier molecular flexibility index (Phi) is 6.99. The summed E-state index contributed by atoms with van der Waals surface area (Å²) < 4.78 is 7.87. The van der Waals surface area contributed by atoms with Crippen molar-refractivity contribution in [1.29, 1.82) is 0 Å². The monoisotopic (exact) mass is 418 g/mol. The van der Waals surface area contributed by atoms with Crippen LogP contribution in [0, 0.1) is 0 Å². The predicted octanol–water partition coefficient (Wildman–Crippen LogP) is 4.18. The first-order valence-electron chi connectivity index (χ1n) is 7.70. The summed E-state index contributed by atoms with van der Waals surface area (Å²) in [5.41, 5.74) is 1.20. The highest BCUT2D eigenvalue weighted by atomic mass is 79.9. The van der Waals surface area contributed by atoms with E-state index in [1.807, 2.05) is 13.0 Å². The third kappa shape index (κ3) is 4.95. The average Bonchev–Trinajstić information content (AvgIpc) is 2.48. The summed E-state index contributed by atoms with van der Waals surface area (Å²) in [7, 11) is 0. The van der Waals surface area contributed by atoms with Crippen LogP contribution >= 0.6 is 31.9 Å². The highest BCUT2D eigenvalue weighted by molar-refractivity contribution is 9.11. The van der Waals surface area contributed by atoms with E-state index in [0.29, 0.717) is 12.6 Å². The number of ether oxygens (including phenoxy) is 1. The van der Waals surface area contributed by atoms with Crippen molar-refractivity contribution in [2.24, 2.45) is 0 Å². The van der Waals surface area contributed by atoms with Gasteiger partial charge in [0.2, 0.25) is 0 Å². The van der Waals surface area contributed by atoms with Crippen LogP contribution in [0.15, 0.2) is 21.1 Å². The zero-order valence-corrected chi connectivity index (χ0v) is 16.0. The standard InChI is InChI=1S/C16H24Br2N2O/c1-3-20-7-5-6-14(11-20)19-10-12-8-13(17)9-15(18)16(12)21-4-2/h8-9,14,19H,3-7,10-11H2,1-2H3. The lowest BCUT2D eigenvalue weighted by Crippen LogP contribution is -2.45. The molecule has 118 valence electrons. The van der Waals surface area contributed by atoms with Crippen molar-refractivity contribution >= 4 is 31.9 Å². The van der Waals surface area contributed by atoms with E-state index in [1.54, 1.807) is 0 Å². The Bertz CT molecular complexity index is 468. The van der Waals surface area contributed by atoms with E-state index >= 15 is 0 Å². The second-order valence-corrected chi connectivity index (χ2v) is 7.19. The minimum Gasteiger partial charge on any atom is -0.492 e. The summed E-state index contributed by atoms with van der Waals surface area (Å²) in [5.74, 6) is 0.955. The van der Waals surface area contributed by atoms with Crippen molar-refractivity contribution in [2.45, 2.75) is 39.3 Å². The molecule has 0 amide bonds. The fraction of sp³-hybridized carbons (Fsp3) is 0.625. The second-order valence-electron chi connectivity index (χ2n) is 5.42. The number of piperidine rings is 1. The maximum absolute atomic E-state index is 5.79. The van der Waals surface area contributed by atoms with Gasteiger partial charge in [-0.15, -0.1) is 0 Å². The molecule has 1 aliphatic rings. The molecule has 21 heavy (non-hydrogen) atoms. The summed E-state index contributed by atoms with van der Waals surface area (Å²) in [6.45, 7) is 9.31. The minimum atomic E-state index is 0.575. The molecule has 0 saturated carbocycles. The van der Waals surface area contributed by atoms with Crippen molar-refractivity contribution < 1.29 is 4.74 Å². The van der Waals surface area contributed by atoms with E-state index in [2.05, 4.69) is 55.1 Å². The van der Waals surface area contributed by atoms with Crippen LogP contribution in [0.3, 0.4) is 0 Å². The molecule has 0 aromatic heterocycles. The molecule has 0 bridgehead atoms. The summed E-state index contributed by atoms with van der Waals surface area (Å²) in [6.07, 6.45) is 2.54. The molecule has 5 heteroatoms. The van der Waals surface area contributed by atoms with Gasteiger partial charge < -0.3 is 15.0 Å². The molecule has 1 saturated heterocycles. The third-order valence-electron chi connectivity index (χ3n) is 3.91. The summed E-state index contributed by atoms with van der Waals surface area (Å²) in [4.78, 5) is 2.52. The van der Waals surface area contributed by atoms with E-state index < -0.39 is 0 Å². The lowest BCUT2D eigenvalue weighted by atomic mass is 10.1. The Hall–Kier alpha value is -0.100. The number of likely N-dealkylation sites (tertiary alicyclic amines) is 1. The van der Waals surface area contributed by atoms with Crippen LogP contribution in [0.1, 0.15) is 32.3 Å². The molecule has 0 spiro atoms. The van der Waals surface area contributed by atoms with Crippen molar-refractivity contribution in [1.82, 2.24) is 10.2 Å². The molecule has 1 atom stereocenters. The molecular formula is C16H24Br2N2O. The van der Waals surface area contributed by atoms with Crippen molar-refractivity contribution in [3.63, 3.8) is 0 Å². The van der Waals surface area contributed by atoms with E-state index in [0.717, 1.165) is 34.3 Å². The molecular weight excluding hydrogens is 396 g/mol. The minimum absolute atomic E-state index is 0.575. The Morgan fingerprint density at radius 2 is 2.14 bits per heavy atom. The van der Waals surface area contributed by atoms with Crippen LogP contribution in [-0.2, 0) is 6.54 Å². The Morgan fingerprint density at radius 3 is 2.86 bits per heavy atom. The number of halogens is 2. The van der Waals surface area contributed by atoms with Gasteiger partial charge in [-0.1, -0.05) is 22.9 Å². The van der Waals surface area contributed by atoms with Crippen LogP contribution in [0.2, 0.25) is 0 Å². The molecule has 1 aliphatic heterocycles. The molecule has 1 aromatic carbocycles. The van der Waals surface area contributed by atoms with Gasteiger partial charge in [-0.05, 0) is 60.9 Å². The molecule has 1 heterocycles. The quantitative estimate of drug-likeness (QED) is 0.748. The topological polar surface area (TPSA) is 24.5 Å². The lowest BCUT2D eigenvalue weighted by molar-refractivity contribution is 0.198. The summed E-state index contributed by atoms with van der Waals surface area (Å²) >= 11 is 7.16. The van der Waals surface area contributed by atoms with Gasteiger partial charge in [0.25, 0.3) is 0 Å². The number of hydrogen-bond acceptors (Lipinski definition) is 3. The second kappa shape index (κ2) is 8.51. The van der Waals surface area contributed by atoms with Crippen molar-refractivity contribution in [2.75, 3.05) is 26.2 Å². The van der Waals surface area contributed by atoms with Gasteiger partial charge in [-0.25, -0.2) is 0 Å². The smallest absolute Gasteiger partial charge is 0.138 e. The van der Waals surface area contributed by atoms with Gasteiger partial charge in [0.15, 0.2) is 0 Å². The first kappa shape index (κ1) is 17.3. The van der Waals surface area contributed by atoms with Crippen molar-refractivity contribution in [3.05, 3.63) is 26.6 Å². The lowest BCUT2D eigenvalue weighted by Gasteiger charge is -2.32. The number of rotatable bonds is 6. The first-order valence-corrected chi connectivity index (χ1v) is 9.29. The van der Waals surface area contributed by atoms with Crippen LogP contribution in [0.4, 0.5) is 0 Å². The zero-order valence-electron chi connectivity index (χ0n) is 12.8. The highest BCUT2D eigenvalue weighted by Crippen LogP contribution is 2.33. The molecule has 1 aromatic rings. The van der Waals surface area contributed by atoms with E-state index in [4.69, 9.17) is 4.74 Å². The Morgan fingerprint density at radius 1 is 1.33 bits per heavy atom. The van der Waals surface area contributed by atoms with Crippen LogP contribution in [0.25, 0.3) is 0 Å². The van der Waals surface area contributed by atoms with Crippen LogP contribution in [0.5, 0.6) is 5.75 Å². The zero-order chi connectivity index (χ0) is 15.2. The summed E-state index contributed by atoms with van der Waals surface area (Å²) in [5, 5.41) is 3.69. The van der Waals surface area contributed by atoms with Gasteiger partial charge in [-0.2, -0.15) is 0 Å². The average molecular weight is 420 g/mol. The van der Waals surface area contributed by atoms with E-state index in [-0.39, 0.29) is 0 Å². The number of nitrogens with zero attached hydrogens (tertiary/aromatic N) is 1.